The number of hydrogen-bond donors (Lipinski definition) is 1. The molecule has 0 N–H and O–H groups in total. The van der Waals surface area contributed by atoms with Crippen molar-refractivity contribution in [2.45, 2.75) is 6.92 Å². The highest BCUT2D eigenvalue weighted by Crippen LogP contribution is 2.29. The standard InChI is InChI=1S/C18H17NO4S/c1-11(10-24)18(22)23-9-8-19-16(20)13-6-2-4-12-5-3-7-14(15(12)13)17(19)21/h2-7,11,24H,8-10H2,1H3. The molecule has 1 atom stereocenters. The van der Waals surface area contributed by atoms with E-state index in [0.29, 0.717) is 22.3 Å². The van der Waals surface area contributed by atoms with E-state index in [2.05, 4.69) is 12.6 Å². The van der Waals surface area contributed by atoms with E-state index in [4.69, 9.17) is 4.74 Å². The normalized spacial score (nSPS) is 14.8. The maximum Gasteiger partial charge on any atom is 0.309 e. The number of hydrogen-bond acceptors (Lipinski definition) is 5. The van der Waals surface area contributed by atoms with Gasteiger partial charge >= 0.3 is 5.97 Å². The summed E-state index contributed by atoms with van der Waals surface area (Å²) < 4.78 is 5.12. The smallest absolute Gasteiger partial charge is 0.309 e. The first-order chi connectivity index (χ1) is 11.5. The zero-order valence-corrected chi connectivity index (χ0v) is 14.1. The quantitative estimate of drug-likeness (QED) is 0.515. The molecule has 124 valence electrons. The van der Waals surface area contributed by atoms with Gasteiger partial charge in [-0.05, 0) is 17.5 Å². The molecule has 3 rings (SSSR count). The number of thiol groups is 1. The first-order valence-electron chi connectivity index (χ1n) is 7.70. The Bertz CT molecular complexity index is 782. The average Bonchev–Trinajstić information content (AvgIpc) is 2.61. The number of carbonyl (C=O) groups is 3. The Hall–Kier alpha value is -2.34. The van der Waals surface area contributed by atoms with Crippen LogP contribution in [0.3, 0.4) is 0 Å². The van der Waals surface area contributed by atoms with Crippen molar-refractivity contribution >= 4 is 41.2 Å². The van der Waals surface area contributed by atoms with Crippen LogP contribution in [0.4, 0.5) is 0 Å². The highest BCUT2D eigenvalue weighted by Gasteiger charge is 2.32. The van der Waals surface area contributed by atoms with Crippen molar-refractivity contribution in [3.8, 4) is 0 Å². The van der Waals surface area contributed by atoms with Gasteiger partial charge in [0.15, 0.2) is 0 Å². The minimum absolute atomic E-state index is 0.0213. The second-order valence-corrected chi connectivity index (χ2v) is 6.09. The van der Waals surface area contributed by atoms with Gasteiger partial charge in [0.05, 0.1) is 12.5 Å². The Labute approximate surface area is 145 Å². The molecule has 1 aliphatic heterocycles. The third-order valence-corrected chi connectivity index (χ3v) is 4.64. The zero-order chi connectivity index (χ0) is 17.3. The minimum Gasteiger partial charge on any atom is -0.464 e. The average molecular weight is 343 g/mol. The molecule has 0 saturated carbocycles. The predicted octanol–water partition coefficient (Wildman–Crippen LogP) is 2.54. The Balaban J connectivity index is 1.81. The monoisotopic (exact) mass is 343 g/mol. The van der Waals surface area contributed by atoms with Gasteiger partial charge in [0.2, 0.25) is 0 Å². The van der Waals surface area contributed by atoms with E-state index >= 15 is 0 Å². The number of carbonyl (C=O) groups excluding carboxylic acids is 3. The number of rotatable bonds is 5. The lowest BCUT2D eigenvalue weighted by molar-refractivity contribution is -0.147. The summed E-state index contributed by atoms with van der Waals surface area (Å²) in [4.78, 5) is 38.1. The highest BCUT2D eigenvalue weighted by atomic mass is 32.1. The van der Waals surface area contributed by atoms with E-state index in [9.17, 15) is 14.4 Å². The molecule has 0 fully saturated rings. The van der Waals surface area contributed by atoms with Gasteiger partial charge in [-0.1, -0.05) is 31.2 Å². The van der Waals surface area contributed by atoms with E-state index in [1.807, 2.05) is 12.1 Å². The largest absolute Gasteiger partial charge is 0.464 e. The first kappa shape index (κ1) is 16.5. The predicted molar refractivity (Wildman–Crippen MR) is 93.3 cm³/mol. The lowest BCUT2D eigenvalue weighted by Crippen LogP contribution is -2.42. The summed E-state index contributed by atoms with van der Waals surface area (Å²) in [7, 11) is 0. The molecule has 6 heteroatoms. The summed E-state index contributed by atoms with van der Waals surface area (Å²) in [5.41, 5.74) is 0.996. The third-order valence-electron chi connectivity index (χ3n) is 4.09. The van der Waals surface area contributed by atoms with Crippen molar-refractivity contribution in [2.24, 2.45) is 5.92 Å². The molecule has 0 aromatic heterocycles. The number of amides is 2. The molecule has 5 nitrogen and oxygen atoms in total. The van der Waals surface area contributed by atoms with Crippen LogP contribution in [0.15, 0.2) is 36.4 Å². The van der Waals surface area contributed by atoms with Crippen LogP contribution in [0, 0.1) is 5.92 Å². The van der Waals surface area contributed by atoms with Gasteiger partial charge in [0.25, 0.3) is 11.8 Å². The van der Waals surface area contributed by atoms with Crippen LogP contribution < -0.4 is 0 Å². The summed E-state index contributed by atoms with van der Waals surface area (Å²) >= 11 is 4.05. The van der Waals surface area contributed by atoms with Gasteiger partial charge in [-0.15, -0.1) is 0 Å². The van der Waals surface area contributed by atoms with Crippen molar-refractivity contribution in [3.63, 3.8) is 0 Å². The third kappa shape index (κ3) is 2.78. The van der Waals surface area contributed by atoms with Crippen LogP contribution in [0.25, 0.3) is 10.8 Å². The molecule has 1 aliphatic rings. The Morgan fingerprint density at radius 3 is 2.25 bits per heavy atom. The molecule has 2 amide bonds. The SMILES string of the molecule is CC(CS)C(=O)OCCN1C(=O)c2cccc3cccc(c23)C1=O. The molecular weight excluding hydrogens is 326 g/mol. The van der Waals surface area contributed by atoms with Gasteiger partial charge in [0.1, 0.15) is 6.61 Å². The Morgan fingerprint density at radius 2 is 1.71 bits per heavy atom. The Kier molecular flexibility index (Phi) is 4.57. The van der Waals surface area contributed by atoms with Crippen LogP contribution in [-0.4, -0.2) is 41.6 Å². The topological polar surface area (TPSA) is 63.7 Å². The maximum atomic E-state index is 12.6. The molecule has 2 aromatic carbocycles. The molecule has 0 bridgehead atoms. The number of ether oxygens (including phenoxy) is 1. The van der Waals surface area contributed by atoms with E-state index in [1.165, 1.54) is 0 Å². The summed E-state index contributed by atoms with van der Waals surface area (Å²) in [6, 6.07) is 10.8. The summed E-state index contributed by atoms with van der Waals surface area (Å²) in [5, 5.41) is 1.55. The van der Waals surface area contributed by atoms with Crippen LogP contribution >= 0.6 is 12.6 Å². The van der Waals surface area contributed by atoms with Gasteiger partial charge in [-0.2, -0.15) is 12.6 Å². The number of imide groups is 1. The zero-order valence-electron chi connectivity index (χ0n) is 13.2. The van der Waals surface area contributed by atoms with E-state index < -0.39 is 0 Å². The molecule has 0 aliphatic carbocycles. The van der Waals surface area contributed by atoms with E-state index in [0.717, 1.165) is 10.3 Å². The van der Waals surface area contributed by atoms with Crippen LogP contribution in [0.5, 0.6) is 0 Å². The fourth-order valence-corrected chi connectivity index (χ4v) is 2.89. The summed E-state index contributed by atoms with van der Waals surface area (Å²) in [6.45, 7) is 1.73. The second-order valence-electron chi connectivity index (χ2n) is 5.72. The van der Waals surface area contributed by atoms with Crippen LogP contribution in [0.2, 0.25) is 0 Å². The van der Waals surface area contributed by atoms with Crippen molar-refractivity contribution in [3.05, 3.63) is 47.5 Å². The van der Waals surface area contributed by atoms with Crippen molar-refractivity contribution < 1.29 is 19.1 Å². The van der Waals surface area contributed by atoms with Gasteiger partial charge in [-0.3, -0.25) is 19.3 Å². The van der Waals surface area contributed by atoms with Crippen molar-refractivity contribution in [1.29, 1.82) is 0 Å². The maximum absolute atomic E-state index is 12.6. The molecular formula is C18H17NO4S. The van der Waals surface area contributed by atoms with Gasteiger partial charge in [-0.25, -0.2) is 0 Å². The fourth-order valence-electron chi connectivity index (χ4n) is 2.74. The van der Waals surface area contributed by atoms with Crippen molar-refractivity contribution in [1.82, 2.24) is 4.90 Å². The lowest BCUT2D eigenvalue weighted by atomic mass is 9.94. The summed E-state index contributed by atoms with van der Waals surface area (Å²) in [5.74, 6) is -1.04. The van der Waals surface area contributed by atoms with Crippen LogP contribution in [-0.2, 0) is 9.53 Å². The fraction of sp³-hybridized carbons (Fsp3) is 0.278. The Morgan fingerprint density at radius 1 is 1.12 bits per heavy atom. The number of benzene rings is 2. The molecule has 1 unspecified atom stereocenters. The molecule has 0 radical (unpaired) electrons. The summed E-state index contributed by atoms with van der Waals surface area (Å²) in [6.07, 6.45) is 0. The highest BCUT2D eigenvalue weighted by molar-refractivity contribution is 7.80. The van der Waals surface area contributed by atoms with Crippen molar-refractivity contribution in [2.75, 3.05) is 18.9 Å². The second kappa shape index (κ2) is 6.65. The van der Waals surface area contributed by atoms with Gasteiger partial charge in [0, 0.05) is 22.3 Å². The van der Waals surface area contributed by atoms with E-state index in [-0.39, 0.29) is 36.9 Å². The minimum atomic E-state index is -0.385. The van der Waals surface area contributed by atoms with Gasteiger partial charge < -0.3 is 4.74 Å². The molecule has 24 heavy (non-hydrogen) atoms. The molecule has 2 aromatic rings. The molecule has 1 heterocycles. The van der Waals surface area contributed by atoms with E-state index in [1.54, 1.807) is 31.2 Å². The van der Waals surface area contributed by atoms with Crippen LogP contribution in [0.1, 0.15) is 27.6 Å². The number of nitrogens with zero attached hydrogens (tertiary/aromatic N) is 1. The first-order valence-corrected chi connectivity index (χ1v) is 8.33. The lowest BCUT2D eigenvalue weighted by Gasteiger charge is -2.27. The molecule has 0 saturated heterocycles. The molecule has 0 spiro atoms. The number of esters is 1.